The Balaban J connectivity index is 1.67. The lowest BCUT2D eigenvalue weighted by atomic mass is 10.0. The molecule has 150 valence electrons. The van der Waals surface area contributed by atoms with Crippen LogP contribution in [0.4, 0.5) is 5.69 Å². The van der Waals surface area contributed by atoms with E-state index >= 15 is 0 Å². The van der Waals surface area contributed by atoms with Gasteiger partial charge in [0.25, 0.3) is 5.91 Å². The van der Waals surface area contributed by atoms with Crippen molar-refractivity contribution in [1.82, 2.24) is 4.90 Å². The highest BCUT2D eigenvalue weighted by atomic mass is 16.5. The fourth-order valence-electron chi connectivity index (χ4n) is 3.58. The van der Waals surface area contributed by atoms with Gasteiger partial charge in [-0.2, -0.15) is 0 Å². The summed E-state index contributed by atoms with van der Waals surface area (Å²) in [6.45, 7) is 7.08. The second-order valence-electron chi connectivity index (χ2n) is 7.79. The average molecular weight is 383 g/mol. The SMILES string of the molecule is CNc1ccc(C)cc1C(=O)N1CC[C@@H](Oc2cccc(C(C)C)c2)[C@H](O)C1. The van der Waals surface area contributed by atoms with Crippen LogP contribution in [0, 0.1) is 6.92 Å². The molecule has 2 atom stereocenters. The lowest BCUT2D eigenvalue weighted by Gasteiger charge is -2.36. The van der Waals surface area contributed by atoms with Crippen LogP contribution >= 0.6 is 0 Å². The van der Waals surface area contributed by atoms with E-state index in [0.717, 1.165) is 17.0 Å². The van der Waals surface area contributed by atoms with Gasteiger partial charge in [0.05, 0.1) is 12.1 Å². The molecular weight excluding hydrogens is 352 g/mol. The van der Waals surface area contributed by atoms with Crippen molar-refractivity contribution in [1.29, 1.82) is 0 Å². The summed E-state index contributed by atoms with van der Waals surface area (Å²) in [4.78, 5) is 14.7. The van der Waals surface area contributed by atoms with Gasteiger partial charge in [0.1, 0.15) is 18.0 Å². The lowest BCUT2D eigenvalue weighted by molar-refractivity contribution is -0.0199. The highest BCUT2D eigenvalue weighted by Crippen LogP contribution is 2.25. The van der Waals surface area contributed by atoms with Gasteiger partial charge in [-0.25, -0.2) is 0 Å². The van der Waals surface area contributed by atoms with Crippen LogP contribution in [0.1, 0.15) is 47.7 Å². The lowest BCUT2D eigenvalue weighted by Crippen LogP contribution is -2.51. The highest BCUT2D eigenvalue weighted by Gasteiger charge is 2.32. The number of ether oxygens (including phenoxy) is 1. The first-order valence-electron chi connectivity index (χ1n) is 9.91. The number of nitrogens with one attached hydrogen (secondary N) is 1. The molecule has 0 saturated carbocycles. The summed E-state index contributed by atoms with van der Waals surface area (Å²) in [6, 6.07) is 13.8. The number of carbonyl (C=O) groups excluding carboxylic acids is 1. The molecule has 2 N–H and O–H groups in total. The molecule has 5 nitrogen and oxygen atoms in total. The quantitative estimate of drug-likeness (QED) is 0.825. The summed E-state index contributed by atoms with van der Waals surface area (Å²) in [5, 5.41) is 13.7. The Morgan fingerprint density at radius 1 is 1.25 bits per heavy atom. The number of piperidine rings is 1. The van der Waals surface area contributed by atoms with Gasteiger partial charge in [-0.05, 0) is 42.7 Å². The van der Waals surface area contributed by atoms with Crippen LogP contribution in [0.2, 0.25) is 0 Å². The van der Waals surface area contributed by atoms with Crippen molar-refractivity contribution in [3.8, 4) is 5.75 Å². The maximum absolute atomic E-state index is 13.0. The number of hydrogen-bond acceptors (Lipinski definition) is 4. The molecule has 0 unspecified atom stereocenters. The predicted octanol–water partition coefficient (Wildman–Crippen LogP) is 3.81. The van der Waals surface area contributed by atoms with Crippen molar-refractivity contribution >= 4 is 11.6 Å². The van der Waals surface area contributed by atoms with Crippen LogP contribution in [-0.4, -0.2) is 48.3 Å². The molecule has 0 spiro atoms. The van der Waals surface area contributed by atoms with Crippen molar-refractivity contribution in [2.45, 2.75) is 45.3 Å². The fraction of sp³-hybridized carbons (Fsp3) is 0.435. The Morgan fingerprint density at radius 3 is 2.71 bits per heavy atom. The minimum Gasteiger partial charge on any atom is -0.488 e. The maximum atomic E-state index is 13.0. The fourth-order valence-corrected chi connectivity index (χ4v) is 3.58. The smallest absolute Gasteiger partial charge is 0.256 e. The van der Waals surface area contributed by atoms with Crippen molar-refractivity contribution in [2.24, 2.45) is 0 Å². The van der Waals surface area contributed by atoms with Crippen molar-refractivity contribution in [2.75, 3.05) is 25.5 Å². The number of likely N-dealkylation sites (tertiary alicyclic amines) is 1. The Labute approximate surface area is 167 Å². The third kappa shape index (κ3) is 4.47. The number of carbonyl (C=O) groups is 1. The molecule has 0 bridgehead atoms. The molecule has 1 amide bonds. The van der Waals surface area contributed by atoms with Gasteiger partial charge in [-0.15, -0.1) is 0 Å². The molecule has 2 aromatic carbocycles. The second-order valence-corrected chi connectivity index (χ2v) is 7.79. The molecule has 3 rings (SSSR count). The Kier molecular flexibility index (Phi) is 6.25. The first-order chi connectivity index (χ1) is 13.4. The number of rotatable bonds is 5. The van der Waals surface area contributed by atoms with E-state index < -0.39 is 6.10 Å². The minimum absolute atomic E-state index is 0.0626. The summed E-state index contributed by atoms with van der Waals surface area (Å²) < 4.78 is 6.06. The van der Waals surface area contributed by atoms with Gasteiger partial charge in [0.2, 0.25) is 0 Å². The molecule has 1 fully saturated rings. The molecule has 28 heavy (non-hydrogen) atoms. The number of nitrogens with zero attached hydrogens (tertiary/aromatic N) is 1. The Bertz CT molecular complexity index is 834. The number of anilines is 1. The van der Waals surface area contributed by atoms with E-state index in [9.17, 15) is 9.90 Å². The second kappa shape index (κ2) is 8.65. The summed E-state index contributed by atoms with van der Waals surface area (Å²) in [5.74, 6) is 1.13. The number of β-amino-alcohol motifs (C(OH)–C–C–N with tert-alkyl or cyclic N) is 1. The number of benzene rings is 2. The number of aliphatic hydroxyl groups excluding tert-OH is 1. The van der Waals surface area contributed by atoms with E-state index in [1.807, 2.05) is 50.4 Å². The minimum atomic E-state index is -0.719. The molecule has 0 aliphatic carbocycles. The number of amides is 1. The van der Waals surface area contributed by atoms with E-state index in [2.05, 4.69) is 25.2 Å². The molecule has 0 aromatic heterocycles. The zero-order chi connectivity index (χ0) is 20.3. The zero-order valence-electron chi connectivity index (χ0n) is 17.1. The van der Waals surface area contributed by atoms with Crippen molar-refractivity contribution < 1.29 is 14.6 Å². The average Bonchev–Trinajstić information content (AvgIpc) is 2.69. The number of aliphatic hydroxyl groups is 1. The normalized spacial score (nSPS) is 19.6. The third-order valence-electron chi connectivity index (χ3n) is 5.29. The van der Waals surface area contributed by atoms with Gasteiger partial charge in [0, 0.05) is 25.7 Å². The summed E-state index contributed by atoms with van der Waals surface area (Å²) in [6.07, 6.45) is -0.435. The molecule has 5 heteroatoms. The van der Waals surface area contributed by atoms with Crippen molar-refractivity contribution in [3.05, 3.63) is 59.2 Å². The highest BCUT2D eigenvalue weighted by molar-refractivity contribution is 5.99. The molecule has 1 aliphatic heterocycles. The first-order valence-corrected chi connectivity index (χ1v) is 9.91. The van der Waals surface area contributed by atoms with Gasteiger partial charge in [-0.3, -0.25) is 4.79 Å². The van der Waals surface area contributed by atoms with E-state index in [1.54, 1.807) is 4.90 Å². The molecule has 2 aromatic rings. The first kappa shape index (κ1) is 20.2. The summed E-state index contributed by atoms with van der Waals surface area (Å²) in [7, 11) is 1.81. The van der Waals surface area contributed by atoms with E-state index in [4.69, 9.17) is 4.74 Å². The molecule has 0 radical (unpaired) electrons. The number of hydrogen-bond donors (Lipinski definition) is 2. The van der Waals surface area contributed by atoms with E-state index in [-0.39, 0.29) is 18.6 Å². The summed E-state index contributed by atoms with van der Waals surface area (Å²) >= 11 is 0. The van der Waals surface area contributed by atoms with Gasteiger partial charge >= 0.3 is 0 Å². The number of aryl methyl sites for hydroxylation is 1. The van der Waals surface area contributed by atoms with Crippen LogP contribution in [-0.2, 0) is 0 Å². The molecule has 1 aliphatic rings. The van der Waals surface area contributed by atoms with Crippen LogP contribution < -0.4 is 10.1 Å². The topological polar surface area (TPSA) is 61.8 Å². The standard InChI is InChI=1S/C23H30N2O3/c1-15(2)17-6-5-7-18(13-17)28-22-10-11-25(14-21(22)26)23(27)19-12-16(3)8-9-20(19)24-4/h5-9,12-13,15,21-22,24,26H,10-11,14H2,1-4H3/t21-,22-/m1/s1. The monoisotopic (exact) mass is 382 g/mol. The van der Waals surface area contributed by atoms with E-state index in [1.165, 1.54) is 5.56 Å². The van der Waals surface area contributed by atoms with Crippen LogP contribution in [0.5, 0.6) is 5.75 Å². The maximum Gasteiger partial charge on any atom is 0.256 e. The molecule has 1 heterocycles. The Hall–Kier alpha value is -2.53. The van der Waals surface area contributed by atoms with Gasteiger partial charge in [0.15, 0.2) is 0 Å². The predicted molar refractivity (Wildman–Crippen MR) is 112 cm³/mol. The van der Waals surface area contributed by atoms with Crippen molar-refractivity contribution in [3.63, 3.8) is 0 Å². The van der Waals surface area contributed by atoms with Gasteiger partial charge in [-0.1, -0.05) is 37.6 Å². The Morgan fingerprint density at radius 2 is 2.04 bits per heavy atom. The van der Waals surface area contributed by atoms with Crippen LogP contribution in [0.15, 0.2) is 42.5 Å². The van der Waals surface area contributed by atoms with E-state index in [0.29, 0.717) is 24.4 Å². The third-order valence-corrected chi connectivity index (χ3v) is 5.29. The zero-order valence-corrected chi connectivity index (χ0v) is 17.1. The summed E-state index contributed by atoms with van der Waals surface area (Å²) in [5.41, 5.74) is 3.68. The molecular formula is C23H30N2O3. The molecule has 1 saturated heterocycles. The van der Waals surface area contributed by atoms with Crippen LogP contribution in [0.25, 0.3) is 0 Å². The van der Waals surface area contributed by atoms with Crippen LogP contribution in [0.3, 0.4) is 0 Å². The van der Waals surface area contributed by atoms with Gasteiger partial charge < -0.3 is 20.1 Å². The largest absolute Gasteiger partial charge is 0.488 e.